The molecule has 2 N–H and O–H groups in total. The van der Waals surface area contributed by atoms with Gasteiger partial charge in [-0.2, -0.15) is 0 Å². The molecule has 138 valence electrons. The molecule has 1 saturated heterocycles. The molecule has 1 aromatic rings. The maximum Gasteiger partial charge on any atom is 0.161 e. The first-order valence-corrected chi connectivity index (χ1v) is 9.05. The Labute approximate surface area is 150 Å². The third-order valence-corrected chi connectivity index (χ3v) is 5.70. The number of nitrogens with zero attached hydrogens (tertiary/aromatic N) is 2. The minimum atomic E-state index is -1.12. The van der Waals surface area contributed by atoms with Gasteiger partial charge in [-0.05, 0) is 13.0 Å². The van der Waals surface area contributed by atoms with Gasteiger partial charge in [-0.15, -0.1) is 0 Å². The van der Waals surface area contributed by atoms with Crippen LogP contribution in [0.4, 0.5) is 4.39 Å². The summed E-state index contributed by atoms with van der Waals surface area (Å²) in [5, 5.41) is 21.6. The number of aliphatic hydroxyl groups is 2. The topological polar surface area (TPSA) is 74.5 Å². The minimum absolute atomic E-state index is 0.0667. The second kappa shape index (κ2) is 7.59. The van der Waals surface area contributed by atoms with E-state index in [1.807, 2.05) is 19.0 Å². The lowest BCUT2D eigenvalue weighted by Gasteiger charge is -2.40. The molecule has 0 amide bonds. The van der Waals surface area contributed by atoms with Gasteiger partial charge in [0.15, 0.2) is 5.17 Å². The van der Waals surface area contributed by atoms with Crippen LogP contribution in [-0.2, 0) is 16.1 Å². The number of rotatable bonds is 4. The number of aliphatic imine (C=N–C) groups is 1. The molecule has 0 saturated carbocycles. The number of thioether (sulfide) groups is 1. The molecule has 2 aliphatic rings. The fourth-order valence-electron chi connectivity index (χ4n) is 2.91. The zero-order valence-corrected chi connectivity index (χ0v) is 15.2. The van der Waals surface area contributed by atoms with Crippen molar-refractivity contribution in [2.45, 2.75) is 49.4 Å². The summed E-state index contributed by atoms with van der Waals surface area (Å²) in [4.78, 5) is 6.27. The van der Waals surface area contributed by atoms with E-state index in [9.17, 15) is 14.6 Å². The molecule has 6 atom stereocenters. The molecule has 1 aromatic carbocycles. The number of amidine groups is 1. The van der Waals surface area contributed by atoms with Gasteiger partial charge in [-0.3, -0.25) is 4.99 Å². The van der Waals surface area contributed by atoms with Crippen LogP contribution in [0.2, 0.25) is 0 Å². The Morgan fingerprint density at radius 3 is 2.72 bits per heavy atom. The molecule has 0 unspecified atom stereocenters. The third kappa shape index (κ3) is 3.83. The molecule has 3 rings (SSSR count). The van der Waals surface area contributed by atoms with Crippen LogP contribution in [0, 0.1) is 5.82 Å². The van der Waals surface area contributed by atoms with Crippen molar-refractivity contribution < 1.29 is 24.1 Å². The molecule has 2 aliphatic heterocycles. The molecule has 0 aromatic heterocycles. The van der Waals surface area contributed by atoms with Crippen molar-refractivity contribution in [1.29, 1.82) is 0 Å². The molecule has 6 nitrogen and oxygen atoms in total. The summed E-state index contributed by atoms with van der Waals surface area (Å²) in [5.41, 5.74) is 0.0619. The molecule has 25 heavy (non-hydrogen) atoms. The van der Waals surface area contributed by atoms with Gasteiger partial charge in [-0.1, -0.05) is 30.0 Å². The van der Waals surface area contributed by atoms with E-state index < -0.39 is 30.5 Å². The van der Waals surface area contributed by atoms with Crippen molar-refractivity contribution in [2.24, 2.45) is 4.99 Å². The number of hydrogen-bond acceptors (Lipinski definition) is 7. The lowest BCUT2D eigenvalue weighted by molar-refractivity contribution is -0.193. The van der Waals surface area contributed by atoms with Crippen LogP contribution in [0.15, 0.2) is 29.3 Å². The van der Waals surface area contributed by atoms with Crippen molar-refractivity contribution in [3.05, 3.63) is 35.6 Å². The molecule has 1 fully saturated rings. The van der Waals surface area contributed by atoms with Gasteiger partial charge in [0, 0.05) is 19.7 Å². The van der Waals surface area contributed by atoms with E-state index in [-0.39, 0.29) is 17.9 Å². The summed E-state index contributed by atoms with van der Waals surface area (Å²) >= 11 is 1.41. The predicted molar refractivity (Wildman–Crippen MR) is 93.8 cm³/mol. The highest BCUT2D eigenvalue weighted by atomic mass is 32.2. The van der Waals surface area contributed by atoms with Crippen molar-refractivity contribution in [3.63, 3.8) is 0 Å². The third-order valence-electron chi connectivity index (χ3n) is 4.39. The Balaban J connectivity index is 1.64. The summed E-state index contributed by atoms with van der Waals surface area (Å²) in [5.74, 6) is -0.338. The molecule has 0 aliphatic carbocycles. The Hall–Kier alpha value is -1.19. The van der Waals surface area contributed by atoms with Gasteiger partial charge in [0.1, 0.15) is 35.6 Å². The average molecular weight is 370 g/mol. The fourth-order valence-corrected chi connectivity index (χ4v) is 4.06. The maximum absolute atomic E-state index is 13.7. The maximum atomic E-state index is 13.7. The Morgan fingerprint density at radius 1 is 1.32 bits per heavy atom. The minimum Gasteiger partial charge on any atom is -0.388 e. The highest BCUT2D eigenvalue weighted by Gasteiger charge is 2.50. The number of ether oxygens (including phenoxy) is 2. The number of aliphatic hydroxyl groups excluding tert-OH is 2. The van der Waals surface area contributed by atoms with Crippen LogP contribution < -0.4 is 0 Å². The molecule has 8 heteroatoms. The van der Waals surface area contributed by atoms with Crippen LogP contribution in [-0.4, -0.2) is 70.3 Å². The highest BCUT2D eigenvalue weighted by molar-refractivity contribution is 8.14. The summed E-state index contributed by atoms with van der Waals surface area (Å²) in [6.07, 6.45) is -3.39. The summed E-state index contributed by atoms with van der Waals surface area (Å²) in [7, 11) is 3.73. The number of benzene rings is 1. The number of hydrogen-bond donors (Lipinski definition) is 2. The fraction of sp³-hybridized carbons (Fsp3) is 0.588. The summed E-state index contributed by atoms with van der Waals surface area (Å²) in [6.45, 7) is 1.81. The first-order valence-electron chi connectivity index (χ1n) is 8.17. The van der Waals surface area contributed by atoms with E-state index in [1.165, 1.54) is 17.8 Å². The number of fused-ring (bicyclic) bond motifs is 1. The molecular formula is C17H23FN2O4S. The Bertz CT molecular complexity index is 645. The van der Waals surface area contributed by atoms with E-state index >= 15 is 0 Å². The second-order valence-electron chi connectivity index (χ2n) is 6.47. The quantitative estimate of drug-likeness (QED) is 0.830. The van der Waals surface area contributed by atoms with Gasteiger partial charge in [-0.25, -0.2) is 4.39 Å². The molecule has 2 heterocycles. The van der Waals surface area contributed by atoms with Gasteiger partial charge >= 0.3 is 0 Å². The second-order valence-corrected chi connectivity index (χ2v) is 7.54. The normalized spacial score (nSPS) is 32.9. The Morgan fingerprint density at radius 2 is 2.04 bits per heavy atom. The SMILES string of the molecule is C[C@H](OCc1ccccc1F)[C@H]1O[C@@H]2SC(N(C)C)=N[C@@H]2[C@@H](O)[C@@H]1O. The number of halogens is 1. The van der Waals surface area contributed by atoms with E-state index in [0.717, 1.165) is 5.17 Å². The van der Waals surface area contributed by atoms with Crippen LogP contribution >= 0.6 is 11.8 Å². The standard InChI is InChI=1S/C17H23FN2O4S/c1-9(23-8-10-6-4-5-7-11(10)18)15-14(22)13(21)12-16(24-15)25-17(19-12)20(2)3/h4-7,9,12-16,21-22H,8H2,1-3H3/t9-,12+,13+,14-,15+,16+/m0/s1. The zero-order chi connectivity index (χ0) is 18.1. The average Bonchev–Trinajstić information content (AvgIpc) is 3.02. The monoisotopic (exact) mass is 370 g/mol. The van der Waals surface area contributed by atoms with Crippen LogP contribution in [0.1, 0.15) is 12.5 Å². The van der Waals surface area contributed by atoms with Crippen LogP contribution in [0.3, 0.4) is 0 Å². The van der Waals surface area contributed by atoms with Crippen LogP contribution in [0.5, 0.6) is 0 Å². The van der Waals surface area contributed by atoms with E-state index in [1.54, 1.807) is 25.1 Å². The van der Waals surface area contributed by atoms with Gasteiger partial charge < -0.3 is 24.6 Å². The largest absolute Gasteiger partial charge is 0.388 e. The van der Waals surface area contributed by atoms with E-state index in [4.69, 9.17) is 9.47 Å². The van der Waals surface area contributed by atoms with Gasteiger partial charge in [0.2, 0.25) is 0 Å². The van der Waals surface area contributed by atoms with Crippen LogP contribution in [0.25, 0.3) is 0 Å². The lowest BCUT2D eigenvalue weighted by Crippen LogP contribution is -2.58. The summed E-state index contributed by atoms with van der Waals surface area (Å²) in [6, 6.07) is 5.87. The van der Waals surface area contributed by atoms with E-state index in [0.29, 0.717) is 5.56 Å². The van der Waals surface area contributed by atoms with E-state index in [2.05, 4.69) is 4.99 Å². The first kappa shape index (κ1) is 18.6. The molecule has 0 bridgehead atoms. The smallest absolute Gasteiger partial charge is 0.161 e. The van der Waals surface area contributed by atoms with Crippen molar-refractivity contribution in [3.8, 4) is 0 Å². The zero-order valence-electron chi connectivity index (χ0n) is 14.4. The van der Waals surface area contributed by atoms with Gasteiger partial charge in [0.05, 0.1) is 12.7 Å². The summed E-state index contributed by atoms with van der Waals surface area (Å²) < 4.78 is 25.3. The van der Waals surface area contributed by atoms with Crippen molar-refractivity contribution in [1.82, 2.24) is 4.90 Å². The van der Waals surface area contributed by atoms with Crippen molar-refractivity contribution in [2.75, 3.05) is 14.1 Å². The lowest BCUT2D eigenvalue weighted by atomic mass is 9.95. The highest BCUT2D eigenvalue weighted by Crippen LogP contribution is 2.38. The molecule has 0 radical (unpaired) electrons. The van der Waals surface area contributed by atoms with Gasteiger partial charge in [0.25, 0.3) is 0 Å². The first-order chi connectivity index (χ1) is 11.9. The Kier molecular flexibility index (Phi) is 5.65. The molecular weight excluding hydrogens is 347 g/mol. The molecule has 0 spiro atoms. The van der Waals surface area contributed by atoms with Crippen molar-refractivity contribution >= 4 is 16.9 Å². The predicted octanol–water partition coefficient (Wildman–Crippen LogP) is 1.21.